The third-order valence-electron chi connectivity index (χ3n) is 3.02. The summed E-state index contributed by atoms with van der Waals surface area (Å²) >= 11 is 1.33. The minimum absolute atomic E-state index is 0.321. The number of rotatable bonds is 8. The molecule has 0 aromatic carbocycles. The van der Waals surface area contributed by atoms with E-state index in [0.29, 0.717) is 11.0 Å². The van der Waals surface area contributed by atoms with Gasteiger partial charge in [0.25, 0.3) is 5.91 Å². The summed E-state index contributed by atoms with van der Waals surface area (Å²) in [7, 11) is 0. The minimum Gasteiger partial charge on any atom is -0.295 e. The van der Waals surface area contributed by atoms with Crippen LogP contribution in [0.25, 0.3) is 0 Å². The average molecular weight is 284 g/mol. The van der Waals surface area contributed by atoms with Crippen LogP contribution in [0.5, 0.6) is 0 Å². The molecule has 0 saturated heterocycles. The maximum absolute atomic E-state index is 11.4. The van der Waals surface area contributed by atoms with Crippen molar-refractivity contribution in [3.8, 4) is 0 Å². The summed E-state index contributed by atoms with van der Waals surface area (Å²) in [6.07, 6.45) is 3.68. The van der Waals surface area contributed by atoms with E-state index < -0.39 is 0 Å². The van der Waals surface area contributed by atoms with Crippen LogP contribution < -0.4 is 11.3 Å². The second kappa shape index (κ2) is 8.24. The lowest BCUT2D eigenvalue weighted by Crippen LogP contribution is -2.32. The number of nitrogens with two attached hydrogens (primary N) is 1. The highest BCUT2D eigenvalue weighted by molar-refractivity contribution is 7.11. The van der Waals surface area contributed by atoms with Gasteiger partial charge in [-0.3, -0.25) is 15.1 Å². The van der Waals surface area contributed by atoms with E-state index >= 15 is 0 Å². The summed E-state index contributed by atoms with van der Waals surface area (Å²) in [4.78, 5) is 18.1. The molecule has 0 atom stereocenters. The van der Waals surface area contributed by atoms with Crippen LogP contribution in [0.4, 0.5) is 0 Å². The van der Waals surface area contributed by atoms with Gasteiger partial charge in [0.05, 0.1) is 5.69 Å². The van der Waals surface area contributed by atoms with Crippen molar-refractivity contribution >= 4 is 17.2 Å². The molecule has 0 aliphatic rings. The SMILES string of the molecule is CCCCCN(Cc1csc(C(=O)NN)n1)C(C)C. The Morgan fingerprint density at radius 1 is 1.53 bits per heavy atom. The Morgan fingerprint density at radius 3 is 2.84 bits per heavy atom. The number of hydrogen-bond acceptors (Lipinski definition) is 5. The van der Waals surface area contributed by atoms with Gasteiger partial charge in [-0.05, 0) is 26.8 Å². The minimum atomic E-state index is -0.321. The molecule has 0 radical (unpaired) electrons. The van der Waals surface area contributed by atoms with Crippen LogP contribution >= 0.6 is 11.3 Å². The first-order valence-electron chi connectivity index (χ1n) is 6.77. The van der Waals surface area contributed by atoms with Crippen LogP contribution in [0, 0.1) is 0 Å². The Morgan fingerprint density at radius 2 is 2.26 bits per heavy atom. The van der Waals surface area contributed by atoms with E-state index in [2.05, 4.69) is 36.1 Å². The zero-order valence-electron chi connectivity index (χ0n) is 12.0. The van der Waals surface area contributed by atoms with Crippen LogP contribution in [-0.4, -0.2) is 28.4 Å². The van der Waals surface area contributed by atoms with Crippen LogP contribution in [0.1, 0.15) is 55.5 Å². The highest BCUT2D eigenvalue weighted by Gasteiger charge is 2.14. The fourth-order valence-electron chi connectivity index (χ4n) is 1.84. The quantitative estimate of drug-likeness (QED) is 0.332. The van der Waals surface area contributed by atoms with Gasteiger partial charge in [-0.1, -0.05) is 19.8 Å². The van der Waals surface area contributed by atoms with Gasteiger partial charge in [0, 0.05) is 18.0 Å². The zero-order chi connectivity index (χ0) is 14.3. The van der Waals surface area contributed by atoms with Crippen molar-refractivity contribution in [2.45, 2.75) is 52.6 Å². The molecule has 1 aromatic heterocycles. The molecule has 3 N–H and O–H groups in total. The van der Waals surface area contributed by atoms with Crippen molar-refractivity contribution in [1.29, 1.82) is 0 Å². The molecule has 1 heterocycles. The number of nitrogen functional groups attached to an aromatic ring is 1. The second-order valence-electron chi connectivity index (χ2n) is 4.89. The number of carbonyl (C=O) groups is 1. The molecule has 19 heavy (non-hydrogen) atoms. The Hall–Kier alpha value is -0.980. The smallest absolute Gasteiger partial charge is 0.294 e. The molecule has 0 bridgehead atoms. The van der Waals surface area contributed by atoms with Crippen molar-refractivity contribution in [3.63, 3.8) is 0 Å². The normalized spacial score (nSPS) is 11.3. The number of thiazole rings is 1. The molecule has 0 aliphatic heterocycles. The summed E-state index contributed by atoms with van der Waals surface area (Å²) < 4.78 is 0. The molecule has 108 valence electrons. The van der Waals surface area contributed by atoms with Crippen molar-refractivity contribution in [3.05, 3.63) is 16.1 Å². The molecule has 0 fully saturated rings. The lowest BCUT2D eigenvalue weighted by Gasteiger charge is -2.25. The van der Waals surface area contributed by atoms with Gasteiger partial charge in [-0.25, -0.2) is 10.8 Å². The molecule has 1 rings (SSSR count). The molecule has 1 aromatic rings. The summed E-state index contributed by atoms with van der Waals surface area (Å²) in [5.74, 6) is 4.78. The van der Waals surface area contributed by atoms with Gasteiger partial charge in [-0.2, -0.15) is 0 Å². The number of hydrazine groups is 1. The van der Waals surface area contributed by atoms with Gasteiger partial charge in [-0.15, -0.1) is 11.3 Å². The van der Waals surface area contributed by atoms with Crippen molar-refractivity contribution in [1.82, 2.24) is 15.3 Å². The highest BCUT2D eigenvalue weighted by atomic mass is 32.1. The fourth-order valence-corrected chi connectivity index (χ4v) is 2.55. The molecule has 0 spiro atoms. The largest absolute Gasteiger partial charge is 0.295 e. The number of amides is 1. The summed E-state index contributed by atoms with van der Waals surface area (Å²) in [6.45, 7) is 8.44. The Balaban J connectivity index is 2.58. The summed E-state index contributed by atoms with van der Waals surface area (Å²) in [6, 6.07) is 0.477. The van der Waals surface area contributed by atoms with E-state index in [-0.39, 0.29) is 5.91 Å². The van der Waals surface area contributed by atoms with Crippen molar-refractivity contribution < 1.29 is 4.79 Å². The highest BCUT2D eigenvalue weighted by Crippen LogP contribution is 2.14. The van der Waals surface area contributed by atoms with E-state index in [4.69, 9.17) is 5.84 Å². The first-order valence-corrected chi connectivity index (χ1v) is 7.65. The average Bonchev–Trinajstić information content (AvgIpc) is 2.85. The second-order valence-corrected chi connectivity index (χ2v) is 5.75. The number of nitrogens with one attached hydrogen (secondary N) is 1. The van der Waals surface area contributed by atoms with E-state index in [1.54, 1.807) is 0 Å². The molecule has 1 amide bonds. The lowest BCUT2D eigenvalue weighted by molar-refractivity contribution is 0.0953. The van der Waals surface area contributed by atoms with Gasteiger partial charge >= 0.3 is 0 Å². The van der Waals surface area contributed by atoms with Gasteiger partial charge in [0.15, 0.2) is 5.01 Å². The van der Waals surface area contributed by atoms with E-state index in [9.17, 15) is 4.79 Å². The molecule has 6 heteroatoms. The van der Waals surface area contributed by atoms with Gasteiger partial charge in [0.1, 0.15) is 0 Å². The monoisotopic (exact) mass is 284 g/mol. The topological polar surface area (TPSA) is 71.2 Å². The third-order valence-corrected chi connectivity index (χ3v) is 3.91. The predicted molar refractivity (Wildman–Crippen MR) is 78.8 cm³/mol. The number of carbonyl (C=O) groups excluding carboxylic acids is 1. The molecule has 0 aliphatic carbocycles. The molecular formula is C13H24N4OS. The Kier molecular flexibility index (Phi) is 6.97. The van der Waals surface area contributed by atoms with E-state index in [1.165, 1.54) is 30.6 Å². The summed E-state index contributed by atoms with van der Waals surface area (Å²) in [5, 5.41) is 2.36. The predicted octanol–water partition coefficient (Wildman–Crippen LogP) is 2.15. The number of aromatic nitrogens is 1. The van der Waals surface area contributed by atoms with E-state index in [0.717, 1.165) is 18.8 Å². The van der Waals surface area contributed by atoms with Crippen LogP contribution in [0.15, 0.2) is 5.38 Å². The maximum Gasteiger partial charge on any atom is 0.294 e. The van der Waals surface area contributed by atoms with Crippen molar-refractivity contribution in [2.75, 3.05) is 6.54 Å². The van der Waals surface area contributed by atoms with E-state index in [1.807, 2.05) is 5.38 Å². The van der Waals surface area contributed by atoms with Crippen LogP contribution in [0.3, 0.4) is 0 Å². The Bertz CT molecular complexity index is 392. The zero-order valence-corrected chi connectivity index (χ0v) is 12.8. The van der Waals surface area contributed by atoms with Gasteiger partial charge < -0.3 is 0 Å². The number of nitrogens with zero attached hydrogens (tertiary/aromatic N) is 2. The maximum atomic E-state index is 11.4. The third kappa shape index (κ3) is 5.26. The Labute approximate surface area is 119 Å². The number of hydrogen-bond donors (Lipinski definition) is 2. The molecule has 0 unspecified atom stereocenters. The standard InChI is InChI=1S/C13H24N4OS/c1-4-5-6-7-17(10(2)3)8-11-9-19-13(15-11)12(18)16-14/h9-10H,4-8,14H2,1-3H3,(H,16,18). The number of unbranched alkanes of at least 4 members (excludes halogenated alkanes) is 2. The first-order chi connectivity index (χ1) is 9.08. The summed E-state index contributed by atoms with van der Waals surface area (Å²) in [5.41, 5.74) is 3.05. The molecular weight excluding hydrogens is 260 g/mol. The first kappa shape index (κ1) is 16.1. The van der Waals surface area contributed by atoms with Crippen LogP contribution in [-0.2, 0) is 6.54 Å². The lowest BCUT2D eigenvalue weighted by atomic mass is 10.2. The van der Waals surface area contributed by atoms with Crippen LogP contribution in [0.2, 0.25) is 0 Å². The fraction of sp³-hybridized carbons (Fsp3) is 0.692. The molecule has 0 saturated carbocycles. The van der Waals surface area contributed by atoms with Gasteiger partial charge in [0.2, 0.25) is 0 Å². The molecule has 5 nitrogen and oxygen atoms in total. The van der Waals surface area contributed by atoms with Crippen molar-refractivity contribution in [2.24, 2.45) is 5.84 Å².